The summed E-state index contributed by atoms with van der Waals surface area (Å²) in [5.41, 5.74) is 6.59. The fourth-order valence-electron chi connectivity index (χ4n) is 2.56. The van der Waals surface area contributed by atoms with Gasteiger partial charge < -0.3 is 5.73 Å². The molecule has 1 aliphatic heterocycles. The molecule has 0 bridgehead atoms. The van der Waals surface area contributed by atoms with Crippen molar-refractivity contribution in [3.63, 3.8) is 0 Å². The van der Waals surface area contributed by atoms with Gasteiger partial charge in [-0.15, -0.1) is 12.4 Å². The Morgan fingerprint density at radius 2 is 2.10 bits per heavy atom. The molecular formula is C13H20Cl2N2O2S. The number of rotatable bonds is 3. The lowest BCUT2D eigenvalue weighted by atomic mass is 10.1. The summed E-state index contributed by atoms with van der Waals surface area (Å²) in [5.74, 6) is 0.231. The highest BCUT2D eigenvalue weighted by Crippen LogP contribution is 2.32. The number of aryl methyl sites for hydroxylation is 1. The van der Waals surface area contributed by atoms with Crippen LogP contribution in [0.15, 0.2) is 23.1 Å². The van der Waals surface area contributed by atoms with Gasteiger partial charge in [0, 0.05) is 12.6 Å². The quantitative estimate of drug-likeness (QED) is 0.920. The molecule has 0 radical (unpaired) electrons. The molecule has 4 nitrogen and oxygen atoms in total. The standard InChI is InChI=1S/C13H19ClN2O2S.ClH/c1-9-3-4-13(12(14)5-9)19(17,18)16-8-11(7-15)6-10(16)2;/h3-5,10-11H,6-8,15H2,1-2H3;1H. The van der Waals surface area contributed by atoms with Gasteiger partial charge in [-0.2, -0.15) is 4.31 Å². The molecule has 7 heteroatoms. The lowest BCUT2D eigenvalue weighted by molar-refractivity contribution is 0.404. The second-order valence-corrected chi connectivity index (χ2v) is 7.46. The van der Waals surface area contributed by atoms with Crippen LogP contribution in [-0.2, 0) is 10.0 Å². The third-order valence-corrected chi connectivity index (χ3v) is 6.07. The highest BCUT2D eigenvalue weighted by molar-refractivity contribution is 7.89. The first-order chi connectivity index (χ1) is 8.86. The molecule has 2 rings (SSSR count). The summed E-state index contributed by atoms with van der Waals surface area (Å²) in [6.07, 6.45) is 0.805. The van der Waals surface area contributed by atoms with E-state index in [0.717, 1.165) is 12.0 Å². The van der Waals surface area contributed by atoms with Gasteiger partial charge in [0.15, 0.2) is 0 Å². The maximum Gasteiger partial charge on any atom is 0.244 e. The van der Waals surface area contributed by atoms with Crippen LogP contribution < -0.4 is 5.73 Å². The summed E-state index contributed by atoms with van der Waals surface area (Å²) >= 11 is 6.08. The zero-order chi connectivity index (χ0) is 14.2. The predicted molar refractivity (Wildman–Crippen MR) is 84.0 cm³/mol. The molecule has 2 atom stereocenters. The molecule has 1 aromatic rings. The number of sulfonamides is 1. The number of hydrogen-bond donors (Lipinski definition) is 1. The number of hydrogen-bond acceptors (Lipinski definition) is 3. The summed E-state index contributed by atoms with van der Waals surface area (Å²) in [5, 5.41) is 0.281. The SMILES string of the molecule is Cc1ccc(S(=O)(=O)N2CC(CN)CC2C)c(Cl)c1.Cl. The maximum atomic E-state index is 12.6. The van der Waals surface area contributed by atoms with E-state index in [1.807, 2.05) is 13.8 Å². The molecule has 2 unspecified atom stereocenters. The Bertz CT molecular complexity index is 578. The third kappa shape index (κ3) is 3.28. The zero-order valence-corrected chi connectivity index (χ0v) is 13.9. The molecule has 114 valence electrons. The molecule has 2 N–H and O–H groups in total. The molecule has 0 spiro atoms. The molecule has 0 saturated carbocycles. The summed E-state index contributed by atoms with van der Waals surface area (Å²) in [4.78, 5) is 0.185. The Morgan fingerprint density at radius 3 is 2.60 bits per heavy atom. The van der Waals surface area contributed by atoms with Crippen LogP contribution in [0.5, 0.6) is 0 Å². The normalized spacial score (nSPS) is 23.6. The summed E-state index contributed by atoms with van der Waals surface area (Å²) in [6.45, 7) is 4.78. The van der Waals surface area contributed by atoms with Gasteiger partial charge in [-0.25, -0.2) is 8.42 Å². The Labute approximate surface area is 131 Å². The van der Waals surface area contributed by atoms with E-state index in [-0.39, 0.29) is 34.3 Å². The molecule has 1 heterocycles. The molecule has 1 aliphatic rings. The molecule has 0 aromatic heterocycles. The van der Waals surface area contributed by atoms with Gasteiger partial charge in [-0.1, -0.05) is 17.7 Å². The van der Waals surface area contributed by atoms with E-state index in [9.17, 15) is 8.42 Å². The van der Waals surface area contributed by atoms with Crippen molar-refractivity contribution in [2.24, 2.45) is 11.7 Å². The number of halogens is 2. The van der Waals surface area contributed by atoms with E-state index in [1.54, 1.807) is 18.2 Å². The average molecular weight is 339 g/mol. The predicted octanol–water partition coefficient (Wildman–Crippen LogP) is 2.43. The largest absolute Gasteiger partial charge is 0.330 e. The third-order valence-electron chi connectivity index (χ3n) is 3.61. The molecule has 20 heavy (non-hydrogen) atoms. The van der Waals surface area contributed by atoms with E-state index in [1.165, 1.54) is 4.31 Å². The van der Waals surface area contributed by atoms with Gasteiger partial charge in [0.1, 0.15) is 4.90 Å². The minimum absolute atomic E-state index is 0. The average Bonchev–Trinajstić information content (AvgIpc) is 2.70. The molecule has 1 fully saturated rings. The molecule has 1 saturated heterocycles. The summed E-state index contributed by atoms with van der Waals surface area (Å²) in [6, 6.07) is 4.99. The second kappa shape index (κ2) is 6.62. The van der Waals surface area contributed by atoms with Gasteiger partial charge in [-0.3, -0.25) is 0 Å². The van der Waals surface area contributed by atoms with Crippen LogP contribution >= 0.6 is 24.0 Å². The van der Waals surface area contributed by atoms with Crippen LogP contribution in [0.3, 0.4) is 0 Å². The van der Waals surface area contributed by atoms with Crippen LogP contribution in [0.4, 0.5) is 0 Å². The molecular weight excluding hydrogens is 319 g/mol. The fourth-order valence-corrected chi connectivity index (χ4v) is 4.85. The van der Waals surface area contributed by atoms with Gasteiger partial charge in [0.25, 0.3) is 0 Å². The smallest absolute Gasteiger partial charge is 0.244 e. The van der Waals surface area contributed by atoms with Gasteiger partial charge >= 0.3 is 0 Å². The maximum absolute atomic E-state index is 12.6. The summed E-state index contributed by atoms with van der Waals surface area (Å²) in [7, 11) is -3.53. The Morgan fingerprint density at radius 1 is 1.45 bits per heavy atom. The fraction of sp³-hybridized carbons (Fsp3) is 0.538. The van der Waals surface area contributed by atoms with Crippen LogP contribution in [0, 0.1) is 12.8 Å². The van der Waals surface area contributed by atoms with Crippen LogP contribution in [0.25, 0.3) is 0 Å². The number of nitrogens with zero attached hydrogens (tertiary/aromatic N) is 1. The first-order valence-corrected chi connectivity index (χ1v) is 8.16. The second-order valence-electron chi connectivity index (χ2n) is 5.20. The minimum Gasteiger partial charge on any atom is -0.330 e. The molecule has 0 amide bonds. The van der Waals surface area contributed by atoms with Crippen molar-refractivity contribution >= 4 is 34.0 Å². The highest BCUT2D eigenvalue weighted by Gasteiger charge is 2.38. The van der Waals surface area contributed by atoms with Crippen LogP contribution in [-0.4, -0.2) is 31.9 Å². The van der Waals surface area contributed by atoms with Gasteiger partial charge in [-0.05, 0) is 50.4 Å². The van der Waals surface area contributed by atoms with E-state index in [4.69, 9.17) is 17.3 Å². The monoisotopic (exact) mass is 338 g/mol. The van der Waals surface area contributed by atoms with Crippen molar-refractivity contribution in [1.82, 2.24) is 4.31 Å². The first-order valence-electron chi connectivity index (χ1n) is 6.34. The van der Waals surface area contributed by atoms with E-state index in [2.05, 4.69) is 0 Å². The van der Waals surface area contributed by atoms with Crippen molar-refractivity contribution in [2.45, 2.75) is 31.2 Å². The Balaban J connectivity index is 0.00000200. The lowest BCUT2D eigenvalue weighted by Gasteiger charge is -2.21. The molecule has 0 aliphatic carbocycles. The van der Waals surface area contributed by atoms with E-state index < -0.39 is 10.0 Å². The Hall–Kier alpha value is -0.330. The van der Waals surface area contributed by atoms with Gasteiger partial charge in [0.2, 0.25) is 10.0 Å². The minimum atomic E-state index is -3.53. The van der Waals surface area contributed by atoms with Crippen LogP contribution in [0.2, 0.25) is 5.02 Å². The lowest BCUT2D eigenvalue weighted by Crippen LogP contribution is -2.34. The summed E-state index contributed by atoms with van der Waals surface area (Å²) < 4.78 is 26.8. The number of benzene rings is 1. The van der Waals surface area contributed by atoms with Gasteiger partial charge in [0.05, 0.1) is 5.02 Å². The number of nitrogens with two attached hydrogens (primary N) is 1. The first kappa shape index (κ1) is 17.7. The molecule has 1 aromatic carbocycles. The van der Waals surface area contributed by atoms with Crippen molar-refractivity contribution in [3.8, 4) is 0 Å². The topological polar surface area (TPSA) is 63.4 Å². The zero-order valence-electron chi connectivity index (χ0n) is 11.5. The van der Waals surface area contributed by atoms with E-state index in [0.29, 0.717) is 13.1 Å². The van der Waals surface area contributed by atoms with Crippen molar-refractivity contribution in [2.75, 3.05) is 13.1 Å². The highest BCUT2D eigenvalue weighted by atomic mass is 35.5. The Kier molecular flexibility index (Phi) is 5.87. The van der Waals surface area contributed by atoms with Crippen molar-refractivity contribution in [3.05, 3.63) is 28.8 Å². The van der Waals surface area contributed by atoms with Crippen LogP contribution in [0.1, 0.15) is 18.9 Å². The van der Waals surface area contributed by atoms with E-state index >= 15 is 0 Å². The van der Waals surface area contributed by atoms with Crippen molar-refractivity contribution < 1.29 is 8.42 Å². The van der Waals surface area contributed by atoms with Crippen molar-refractivity contribution in [1.29, 1.82) is 0 Å².